The highest BCUT2D eigenvalue weighted by molar-refractivity contribution is 5.81. The van der Waals surface area contributed by atoms with Crippen molar-refractivity contribution in [3.8, 4) is 5.88 Å². The van der Waals surface area contributed by atoms with E-state index in [-0.39, 0.29) is 11.7 Å². The molecule has 0 amide bonds. The lowest BCUT2D eigenvalue weighted by molar-refractivity contribution is -0.119. The lowest BCUT2D eigenvalue weighted by Gasteiger charge is -2.28. The first-order chi connectivity index (χ1) is 7.69. The van der Waals surface area contributed by atoms with Gasteiger partial charge in [-0.2, -0.15) is 9.37 Å². The van der Waals surface area contributed by atoms with Crippen molar-refractivity contribution in [3.05, 3.63) is 18.1 Å². The molecule has 1 aliphatic heterocycles. The first-order valence-corrected chi connectivity index (χ1v) is 5.17. The third-order valence-corrected chi connectivity index (χ3v) is 2.65. The number of methoxy groups -OCH3 is 1. The Labute approximate surface area is 93.0 Å². The first-order valence-electron chi connectivity index (χ1n) is 5.17. The molecule has 0 saturated carbocycles. The van der Waals surface area contributed by atoms with Gasteiger partial charge < -0.3 is 9.64 Å². The fourth-order valence-corrected chi connectivity index (χ4v) is 1.76. The predicted octanol–water partition coefficient (Wildman–Crippen LogP) is 1.40. The number of Topliss-reactive ketones (excluding diaryl/α,β-unsaturated/α-hetero) is 1. The zero-order valence-electron chi connectivity index (χ0n) is 9.07. The van der Waals surface area contributed by atoms with Gasteiger partial charge in [-0.25, -0.2) is 0 Å². The zero-order valence-corrected chi connectivity index (χ0v) is 9.07. The van der Waals surface area contributed by atoms with Gasteiger partial charge in [-0.05, 0) is 0 Å². The lowest BCUT2D eigenvalue weighted by atomic mass is 10.1. The Balaban J connectivity index is 2.19. The quantitative estimate of drug-likeness (QED) is 0.712. The molecule has 2 heterocycles. The van der Waals surface area contributed by atoms with E-state index in [4.69, 9.17) is 4.74 Å². The molecule has 0 bridgehead atoms. The Kier molecular flexibility index (Phi) is 3.03. The number of halogens is 1. The summed E-state index contributed by atoms with van der Waals surface area (Å²) < 4.78 is 18.1. The van der Waals surface area contributed by atoms with E-state index in [0.717, 1.165) is 5.69 Å². The minimum atomic E-state index is -0.564. The summed E-state index contributed by atoms with van der Waals surface area (Å²) in [4.78, 5) is 16.6. The van der Waals surface area contributed by atoms with Gasteiger partial charge in [0, 0.05) is 43.8 Å². The maximum Gasteiger partial charge on any atom is 0.218 e. The second-order valence-electron chi connectivity index (χ2n) is 3.72. The Morgan fingerprint density at radius 3 is 2.69 bits per heavy atom. The van der Waals surface area contributed by atoms with Gasteiger partial charge in [0.1, 0.15) is 5.78 Å². The smallest absolute Gasteiger partial charge is 0.218 e. The van der Waals surface area contributed by atoms with Gasteiger partial charge in [-0.3, -0.25) is 4.79 Å². The lowest BCUT2D eigenvalue weighted by Crippen LogP contribution is -2.33. The predicted molar refractivity (Wildman–Crippen MR) is 57.2 cm³/mol. The van der Waals surface area contributed by atoms with E-state index in [1.165, 1.54) is 13.2 Å². The van der Waals surface area contributed by atoms with Crippen LogP contribution >= 0.6 is 0 Å². The summed E-state index contributed by atoms with van der Waals surface area (Å²) >= 11 is 0. The van der Waals surface area contributed by atoms with Crippen LogP contribution in [-0.2, 0) is 4.79 Å². The molecule has 0 radical (unpaired) electrons. The number of ketones is 1. The van der Waals surface area contributed by atoms with Crippen LogP contribution in [0.3, 0.4) is 0 Å². The standard InChI is InChI=1S/C11H13FN2O2/c1-16-11-7-8(6-10(12)13-11)14-4-2-9(15)3-5-14/h6-7H,2-5H2,1H3. The minimum absolute atomic E-state index is 0.256. The van der Waals surface area contributed by atoms with E-state index in [2.05, 4.69) is 4.98 Å². The van der Waals surface area contributed by atoms with Gasteiger partial charge in [0.25, 0.3) is 0 Å². The fraction of sp³-hybridized carbons (Fsp3) is 0.455. The van der Waals surface area contributed by atoms with E-state index in [1.807, 2.05) is 4.90 Å². The number of rotatable bonds is 2. The van der Waals surface area contributed by atoms with Gasteiger partial charge in [0.05, 0.1) is 7.11 Å². The van der Waals surface area contributed by atoms with Crippen molar-refractivity contribution < 1.29 is 13.9 Å². The van der Waals surface area contributed by atoms with Crippen molar-refractivity contribution in [1.82, 2.24) is 4.98 Å². The number of nitrogens with zero attached hydrogens (tertiary/aromatic N) is 2. The molecule has 4 nitrogen and oxygen atoms in total. The molecule has 0 atom stereocenters. The third kappa shape index (κ3) is 2.29. The van der Waals surface area contributed by atoms with Crippen LogP contribution < -0.4 is 9.64 Å². The van der Waals surface area contributed by atoms with Crippen LogP contribution in [0.4, 0.5) is 10.1 Å². The van der Waals surface area contributed by atoms with Crippen LogP contribution in [0.5, 0.6) is 5.88 Å². The number of carbonyl (C=O) groups excluding carboxylic acids is 1. The molecular weight excluding hydrogens is 211 g/mol. The maximum absolute atomic E-state index is 13.2. The molecule has 1 saturated heterocycles. The highest BCUT2D eigenvalue weighted by Gasteiger charge is 2.17. The zero-order chi connectivity index (χ0) is 11.5. The first kappa shape index (κ1) is 10.9. The van der Waals surface area contributed by atoms with Crippen molar-refractivity contribution in [1.29, 1.82) is 0 Å². The van der Waals surface area contributed by atoms with Gasteiger partial charge in [0.2, 0.25) is 11.8 Å². The Morgan fingerprint density at radius 2 is 2.06 bits per heavy atom. The largest absolute Gasteiger partial charge is 0.481 e. The Bertz CT molecular complexity index is 399. The number of hydrogen-bond acceptors (Lipinski definition) is 4. The second-order valence-corrected chi connectivity index (χ2v) is 3.72. The highest BCUT2D eigenvalue weighted by Crippen LogP contribution is 2.22. The molecule has 2 rings (SSSR count). The van der Waals surface area contributed by atoms with Gasteiger partial charge in [0.15, 0.2) is 0 Å². The molecule has 0 aromatic carbocycles. The molecule has 5 heteroatoms. The monoisotopic (exact) mass is 224 g/mol. The van der Waals surface area contributed by atoms with Crippen molar-refractivity contribution in [2.45, 2.75) is 12.8 Å². The summed E-state index contributed by atoms with van der Waals surface area (Å²) in [5.41, 5.74) is 0.719. The van der Waals surface area contributed by atoms with Crippen molar-refractivity contribution in [3.63, 3.8) is 0 Å². The molecule has 0 spiro atoms. The average molecular weight is 224 g/mol. The summed E-state index contributed by atoms with van der Waals surface area (Å²) in [6.45, 7) is 1.26. The molecule has 16 heavy (non-hydrogen) atoms. The normalized spacial score (nSPS) is 16.4. The molecule has 0 aliphatic carbocycles. The van der Waals surface area contributed by atoms with E-state index in [0.29, 0.717) is 25.9 Å². The number of anilines is 1. The number of piperidine rings is 1. The van der Waals surface area contributed by atoms with Gasteiger partial charge in [-0.15, -0.1) is 0 Å². The molecule has 1 aromatic rings. The van der Waals surface area contributed by atoms with Crippen LogP contribution in [0.25, 0.3) is 0 Å². The van der Waals surface area contributed by atoms with Gasteiger partial charge >= 0.3 is 0 Å². The SMILES string of the molecule is COc1cc(N2CCC(=O)CC2)cc(F)n1. The van der Waals surface area contributed by atoms with E-state index < -0.39 is 5.95 Å². The molecule has 0 unspecified atom stereocenters. The molecule has 0 N–H and O–H groups in total. The van der Waals surface area contributed by atoms with Gasteiger partial charge in [-0.1, -0.05) is 0 Å². The fourth-order valence-electron chi connectivity index (χ4n) is 1.76. The Morgan fingerprint density at radius 1 is 1.38 bits per heavy atom. The number of hydrogen-bond donors (Lipinski definition) is 0. The minimum Gasteiger partial charge on any atom is -0.481 e. The molecular formula is C11H13FN2O2. The van der Waals surface area contributed by atoms with E-state index in [9.17, 15) is 9.18 Å². The molecule has 1 aromatic heterocycles. The summed E-state index contributed by atoms with van der Waals surface area (Å²) in [5, 5.41) is 0. The van der Waals surface area contributed by atoms with Crippen LogP contribution in [0.15, 0.2) is 12.1 Å². The van der Waals surface area contributed by atoms with Crippen LogP contribution in [-0.4, -0.2) is 31.0 Å². The van der Waals surface area contributed by atoms with Crippen LogP contribution in [0.2, 0.25) is 0 Å². The van der Waals surface area contributed by atoms with Crippen molar-refractivity contribution in [2.75, 3.05) is 25.1 Å². The average Bonchev–Trinajstić information content (AvgIpc) is 2.29. The number of pyridine rings is 1. The number of carbonyl (C=O) groups is 1. The molecule has 1 fully saturated rings. The summed E-state index contributed by atoms with van der Waals surface area (Å²) in [5.74, 6) is -0.0455. The topological polar surface area (TPSA) is 42.4 Å². The molecule has 1 aliphatic rings. The molecule has 86 valence electrons. The highest BCUT2D eigenvalue weighted by atomic mass is 19.1. The Hall–Kier alpha value is -1.65. The maximum atomic E-state index is 13.2. The third-order valence-electron chi connectivity index (χ3n) is 2.65. The summed E-state index contributed by atoms with van der Waals surface area (Å²) in [6.07, 6.45) is 1.04. The second kappa shape index (κ2) is 4.47. The summed E-state index contributed by atoms with van der Waals surface area (Å²) in [6, 6.07) is 3.04. The van der Waals surface area contributed by atoms with Crippen molar-refractivity contribution in [2.24, 2.45) is 0 Å². The number of ether oxygens (including phenoxy) is 1. The van der Waals surface area contributed by atoms with Crippen molar-refractivity contribution >= 4 is 11.5 Å². The van der Waals surface area contributed by atoms with E-state index >= 15 is 0 Å². The summed E-state index contributed by atoms with van der Waals surface area (Å²) in [7, 11) is 1.45. The van der Waals surface area contributed by atoms with E-state index in [1.54, 1.807) is 6.07 Å². The number of aromatic nitrogens is 1. The van der Waals surface area contributed by atoms with Crippen LogP contribution in [0, 0.1) is 5.95 Å². The van der Waals surface area contributed by atoms with Crippen LogP contribution in [0.1, 0.15) is 12.8 Å².